The van der Waals surface area contributed by atoms with Crippen molar-refractivity contribution in [1.29, 1.82) is 0 Å². The molecule has 0 saturated heterocycles. The molecule has 16 heavy (non-hydrogen) atoms. The van der Waals surface area contributed by atoms with Crippen LogP contribution in [-0.4, -0.2) is 25.8 Å². The van der Waals surface area contributed by atoms with E-state index in [2.05, 4.69) is 39.9 Å². The Bertz CT molecular complexity index is 148. The van der Waals surface area contributed by atoms with Crippen molar-refractivity contribution in [2.75, 3.05) is 19.8 Å². The van der Waals surface area contributed by atoms with Crippen molar-refractivity contribution in [2.45, 2.75) is 59.9 Å². The van der Waals surface area contributed by atoms with Gasteiger partial charge in [0.15, 0.2) is 0 Å². The second-order valence-electron chi connectivity index (χ2n) is 5.28. The third-order valence-corrected chi connectivity index (χ3v) is 3.01. The van der Waals surface area contributed by atoms with Gasteiger partial charge in [0.25, 0.3) is 0 Å². The zero-order chi connectivity index (χ0) is 12.4. The summed E-state index contributed by atoms with van der Waals surface area (Å²) in [6, 6.07) is 0.664. The first-order valence-corrected chi connectivity index (χ1v) is 6.91. The van der Waals surface area contributed by atoms with Crippen molar-refractivity contribution in [3.8, 4) is 0 Å². The maximum absolute atomic E-state index is 5.56. The molecule has 0 spiro atoms. The molecule has 0 heterocycles. The lowest BCUT2D eigenvalue weighted by Crippen LogP contribution is -2.33. The Morgan fingerprint density at radius 1 is 1.06 bits per heavy atom. The van der Waals surface area contributed by atoms with Crippen LogP contribution in [0.5, 0.6) is 0 Å². The predicted octanol–water partition coefficient (Wildman–Crippen LogP) is 3.46. The first kappa shape index (κ1) is 15.9. The van der Waals surface area contributed by atoms with Gasteiger partial charge in [0.05, 0.1) is 6.61 Å². The largest absolute Gasteiger partial charge is 0.380 e. The summed E-state index contributed by atoms with van der Waals surface area (Å²) in [5.74, 6) is 1.47. The van der Waals surface area contributed by atoms with Crippen LogP contribution in [0.3, 0.4) is 0 Å². The summed E-state index contributed by atoms with van der Waals surface area (Å²) in [5.41, 5.74) is 0. The minimum Gasteiger partial charge on any atom is -0.380 e. The Morgan fingerprint density at radius 3 is 2.25 bits per heavy atom. The number of hydrogen-bond acceptors (Lipinski definition) is 2. The van der Waals surface area contributed by atoms with E-state index in [1.54, 1.807) is 0 Å². The molecule has 0 fully saturated rings. The molecule has 0 aliphatic heterocycles. The standard InChI is InChI=1S/C14H31NO/c1-6-13(5)10-14(7-2)15-8-9-16-11-12(3)4/h12-15H,6-11H2,1-5H3. The van der Waals surface area contributed by atoms with Crippen LogP contribution < -0.4 is 5.32 Å². The highest BCUT2D eigenvalue weighted by atomic mass is 16.5. The van der Waals surface area contributed by atoms with Crippen LogP contribution in [-0.2, 0) is 4.74 Å². The molecular weight excluding hydrogens is 198 g/mol. The van der Waals surface area contributed by atoms with Crippen molar-refractivity contribution in [1.82, 2.24) is 5.32 Å². The van der Waals surface area contributed by atoms with Crippen molar-refractivity contribution in [3.05, 3.63) is 0 Å². The van der Waals surface area contributed by atoms with Crippen LogP contribution in [0.25, 0.3) is 0 Å². The van der Waals surface area contributed by atoms with Crippen molar-refractivity contribution in [2.24, 2.45) is 11.8 Å². The summed E-state index contributed by atoms with van der Waals surface area (Å²) < 4.78 is 5.56. The van der Waals surface area contributed by atoms with Crippen LogP contribution in [0.15, 0.2) is 0 Å². The summed E-state index contributed by atoms with van der Waals surface area (Å²) in [7, 11) is 0. The van der Waals surface area contributed by atoms with E-state index in [4.69, 9.17) is 4.74 Å². The second-order valence-corrected chi connectivity index (χ2v) is 5.28. The Morgan fingerprint density at radius 2 is 1.75 bits per heavy atom. The van der Waals surface area contributed by atoms with E-state index in [1.165, 1.54) is 19.3 Å². The topological polar surface area (TPSA) is 21.3 Å². The highest BCUT2D eigenvalue weighted by Gasteiger charge is 2.09. The molecular formula is C14H31NO. The van der Waals surface area contributed by atoms with Crippen molar-refractivity contribution >= 4 is 0 Å². The van der Waals surface area contributed by atoms with Crippen molar-refractivity contribution < 1.29 is 4.74 Å². The van der Waals surface area contributed by atoms with Crippen LogP contribution in [0, 0.1) is 11.8 Å². The summed E-state index contributed by atoms with van der Waals surface area (Å²) in [6.07, 6.45) is 3.79. The van der Waals surface area contributed by atoms with Gasteiger partial charge in [0.1, 0.15) is 0 Å². The van der Waals surface area contributed by atoms with Crippen LogP contribution >= 0.6 is 0 Å². The summed E-state index contributed by atoms with van der Waals surface area (Å²) >= 11 is 0. The fraction of sp³-hybridized carbons (Fsp3) is 1.00. The quantitative estimate of drug-likeness (QED) is 0.579. The molecule has 0 rings (SSSR count). The third-order valence-electron chi connectivity index (χ3n) is 3.01. The summed E-state index contributed by atoms with van der Waals surface area (Å²) in [4.78, 5) is 0. The molecule has 0 aliphatic carbocycles. The molecule has 1 N–H and O–H groups in total. The zero-order valence-corrected chi connectivity index (χ0v) is 11.9. The molecule has 2 heteroatoms. The van der Waals surface area contributed by atoms with Crippen LogP contribution in [0.1, 0.15) is 53.9 Å². The smallest absolute Gasteiger partial charge is 0.0591 e. The monoisotopic (exact) mass is 229 g/mol. The van der Waals surface area contributed by atoms with E-state index < -0.39 is 0 Å². The lowest BCUT2D eigenvalue weighted by Gasteiger charge is -2.20. The van der Waals surface area contributed by atoms with Gasteiger partial charge in [-0.1, -0.05) is 41.0 Å². The molecule has 0 bridgehead atoms. The molecule has 0 aromatic heterocycles. The molecule has 0 aromatic carbocycles. The van der Waals surface area contributed by atoms with E-state index >= 15 is 0 Å². The Kier molecular flexibility index (Phi) is 10.0. The molecule has 2 atom stereocenters. The fourth-order valence-electron chi connectivity index (χ4n) is 1.70. The lowest BCUT2D eigenvalue weighted by molar-refractivity contribution is 0.109. The lowest BCUT2D eigenvalue weighted by atomic mass is 9.98. The number of ether oxygens (including phenoxy) is 1. The van der Waals surface area contributed by atoms with E-state index in [1.807, 2.05) is 0 Å². The molecule has 0 aliphatic rings. The number of rotatable bonds is 10. The van der Waals surface area contributed by atoms with Crippen LogP contribution in [0.2, 0.25) is 0 Å². The first-order valence-electron chi connectivity index (χ1n) is 6.91. The van der Waals surface area contributed by atoms with Gasteiger partial charge in [0, 0.05) is 19.2 Å². The molecule has 0 amide bonds. The minimum absolute atomic E-state index is 0.641. The van der Waals surface area contributed by atoms with Gasteiger partial charge in [-0.25, -0.2) is 0 Å². The Balaban J connectivity index is 3.48. The maximum Gasteiger partial charge on any atom is 0.0591 e. The van der Waals surface area contributed by atoms with E-state index in [0.29, 0.717) is 12.0 Å². The summed E-state index contributed by atoms with van der Waals surface area (Å²) in [6.45, 7) is 13.9. The third kappa shape index (κ3) is 9.17. The average molecular weight is 229 g/mol. The maximum atomic E-state index is 5.56. The van der Waals surface area contributed by atoms with E-state index in [0.717, 1.165) is 25.7 Å². The molecule has 0 saturated carbocycles. The van der Waals surface area contributed by atoms with Gasteiger partial charge >= 0.3 is 0 Å². The molecule has 2 unspecified atom stereocenters. The molecule has 2 nitrogen and oxygen atoms in total. The predicted molar refractivity (Wildman–Crippen MR) is 71.8 cm³/mol. The number of hydrogen-bond donors (Lipinski definition) is 1. The Labute approximate surface area is 102 Å². The van der Waals surface area contributed by atoms with E-state index in [-0.39, 0.29) is 0 Å². The number of nitrogens with one attached hydrogen (secondary N) is 1. The normalized spacial score (nSPS) is 15.4. The van der Waals surface area contributed by atoms with Gasteiger partial charge in [-0.2, -0.15) is 0 Å². The highest BCUT2D eigenvalue weighted by Crippen LogP contribution is 2.11. The molecule has 98 valence electrons. The average Bonchev–Trinajstić information content (AvgIpc) is 2.26. The van der Waals surface area contributed by atoms with Gasteiger partial charge in [-0.15, -0.1) is 0 Å². The van der Waals surface area contributed by atoms with Gasteiger partial charge in [-0.3, -0.25) is 0 Å². The zero-order valence-electron chi connectivity index (χ0n) is 11.9. The van der Waals surface area contributed by atoms with Gasteiger partial charge in [0.2, 0.25) is 0 Å². The SMILES string of the molecule is CCC(C)CC(CC)NCCOCC(C)C. The minimum atomic E-state index is 0.641. The van der Waals surface area contributed by atoms with Crippen LogP contribution in [0.4, 0.5) is 0 Å². The molecule has 0 radical (unpaired) electrons. The van der Waals surface area contributed by atoms with Gasteiger partial charge in [-0.05, 0) is 24.7 Å². The molecule has 0 aromatic rings. The fourth-order valence-corrected chi connectivity index (χ4v) is 1.70. The first-order chi connectivity index (χ1) is 7.60. The van der Waals surface area contributed by atoms with Crippen molar-refractivity contribution in [3.63, 3.8) is 0 Å². The highest BCUT2D eigenvalue weighted by molar-refractivity contribution is 4.67. The van der Waals surface area contributed by atoms with Gasteiger partial charge < -0.3 is 10.1 Å². The Hall–Kier alpha value is -0.0800. The van der Waals surface area contributed by atoms with E-state index in [9.17, 15) is 0 Å². The second kappa shape index (κ2) is 10.1. The summed E-state index contributed by atoms with van der Waals surface area (Å²) in [5, 5.41) is 3.58.